The zero-order valence-electron chi connectivity index (χ0n) is 15.3. The Balaban J connectivity index is 5.26. The van der Waals surface area contributed by atoms with Crippen molar-refractivity contribution in [3.05, 3.63) is 12.2 Å². The minimum Gasteiger partial charge on any atom is -0.421 e. The molecule has 0 fully saturated rings. The number of carbonyl (C=O) groups excluding carboxylic acids is 2. The Morgan fingerprint density at radius 3 is 0.941 bits per heavy atom. The van der Waals surface area contributed by atoms with Crippen LogP contribution in [0.15, 0.2) is 12.2 Å². The number of esters is 2. The molecule has 0 bridgehead atoms. The van der Waals surface area contributed by atoms with Crippen molar-refractivity contribution < 1.29 is 89.3 Å². The molecule has 34 heavy (non-hydrogen) atoms. The van der Waals surface area contributed by atoms with Gasteiger partial charge < -0.3 is 9.47 Å². The van der Waals surface area contributed by atoms with Crippen molar-refractivity contribution in [2.24, 2.45) is 0 Å². The van der Waals surface area contributed by atoms with Crippen LogP contribution in [0.4, 0.5) is 70.2 Å². The van der Waals surface area contributed by atoms with Gasteiger partial charge in [0.05, 0.1) is 0 Å². The maximum absolute atomic E-state index is 13.1. The molecule has 0 aliphatic heterocycles. The second-order valence-corrected chi connectivity index (χ2v) is 5.80. The molecule has 0 amide bonds. The molecule has 20 heteroatoms. The van der Waals surface area contributed by atoms with Gasteiger partial charge in [-0.2, -0.15) is 43.9 Å². The van der Waals surface area contributed by atoms with Crippen LogP contribution in [-0.4, -0.2) is 73.5 Å². The smallest absolute Gasteiger partial charge is 0.378 e. The van der Waals surface area contributed by atoms with Crippen LogP contribution in [0.3, 0.4) is 0 Å². The normalized spacial score (nSPS) is 17.6. The van der Waals surface area contributed by atoms with Gasteiger partial charge in [-0.1, -0.05) is 0 Å². The second kappa shape index (κ2) is 10.9. The van der Waals surface area contributed by atoms with Crippen LogP contribution >= 0.6 is 0 Å². The first-order chi connectivity index (χ1) is 15.0. The zero-order valence-corrected chi connectivity index (χ0v) is 15.3. The summed E-state index contributed by atoms with van der Waals surface area (Å²) in [6.07, 6.45) is -30.5. The maximum atomic E-state index is 13.1. The topological polar surface area (TPSA) is 52.6 Å². The molecule has 0 heterocycles. The lowest BCUT2D eigenvalue weighted by atomic mass is 10.1. The number of rotatable bonds is 12. The van der Waals surface area contributed by atoms with Gasteiger partial charge in [0.25, 0.3) is 12.9 Å². The molecule has 0 aliphatic rings. The summed E-state index contributed by atoms with van der Waals surface area (Å²) in [4.78, 5) is 21.9. The molecule has 0 N–H and O–H groups in total. The predicted molar refractivity (Wildman–Crippen MR) is 72.7 cm³/mol. The zero-order chi connectivity index (χ0) is 27.4. The van der Waals surface area contributed by atoms with E-state index in [1.165, 1.54) is 0 Å². The van der Waals surface area contributed by atoms with Crippen LogP contribution in [0.2, 0.25) is 0 Å². The van der Waals surface area contributed by atoms with E-state index in [9.17, 15) is 79.8 Å². The van der Waals surface area contributed by atoms with Gasteiger partial charge in [-0.25, -0.2) is 35.9 Å². The maximum Gasteiger partial charge on any atom is 0.378 e. The largest absolute Gasteiger partial charge is 0.421 e. The lowest BCUT2D eigenvalue weighted by Crippen LogP contribution is -2.56. The van der Waals surface area contributed by atoms with Crippen LogP contribution in [0.5, 0.6) is 0 Å². The number of alkyl halides is 16. The first-order valence-electron chi connectivity index (χ1n) is 7.78. The Labute approximate surface area is 176 Å². The lowest BCUT2D eigenvalue weighted by Gasteiger charge is -2.30. The molecule has 0 rings (SSSR count). The molecule has 0 aromatic rings. The highest BCUT2D eigenvalue weighted by atomic mass is 19.3. The van der Waals surface area contributed by atoms with Gasteiger partial charge in [0.1, 0.15) is 0 Å². The summed E-state index contributed by atoms with van der Waals surface area (Å²) in [7, 11) is 0. The predicted octanol–water partition coefficient (Wildman–Crippen LogP) is 4.97. The average Bonchev–Trinajstić information content (AvgIpc) is 2.70. The molecule has 4 unspecified atom stereocenters. The SMILES string of the molecule is O=C(C=CC(=O)OC(F)C(F)(F)C(F)(F)C(F)C(F)F)OC(F)C(F)(F)C(F)(F)C(F)C(F)F. The number of hydrogen-bond donors (Lipinski definition) is 0. The van der Waals surface area contributed by atoms with E-state index >= 15 is 0 Å². The Kier molecular flexibility index (Phi) is 10.1. The third-order valence-electron chi connectivity index (χ3n) is 3.39. The van der Waals surface area contributed by atoms with E-state index in [-0.39, 0.29) is 0 Å². The van der Waals surface area contributed by atoms with Crippen molar-refractivity contribution in [3.63, 3.8) is 0 Å². The van der Waals surface area contributed by atoms with Gasteiger partial charge in [-0.15, -0.1) is 0 Å². The molecule has 4 nitrogen and oxygen atoms in total. The monoisotopic (exact) mass is 544 g/mol. The fourth-order valence-electron chi connectivity index (χ4n) is 1.55. The van der Waals surface area contributed by atoms with Crippen molar-refractivity contribution in [2.45, 2.75) is 61.6 Å². The van der Waals surface area contributed by atoms with Gasteiger partial charge in [-0.3, -0.25) is 0 Å². The van der Waals surface area contributed by atoms with Crippen LogP contribution in [0, 0.1) is 0 Å². The summed E-state index contributed by atoms with van der Waals surface area (Å²) in [6, 6.07) is 0. The minimum absolute atomic E-state index is 0.663. The Hall–Kier alpha value is -2.44. The number of hydrogen-bond acceptors (Lipinski definition) is 4. The van der Waals surface area contributed by atoms with Gasteiger partial charge in [0.15, 0.2) is 0 Å². The molecule has 0 aromatic carbocycles. The molecule has 0 radical (unpaired) electrons. The highest BCUT2D eigenvalue weighted by molar-refractivity contribution is 5.91. The molecule has 200 valence electrons. The molecule has 0 saturated carbocycles. The number of ether oxygens (including phenoxy) is 2. The van der Waals surface area contributed by atoms with Gasteiger partial charge in [0.2, 0.25) is 12.3 Å². The third kappa shape index (κ3) is 6.57. The Morgan fingerprint density at radius 1 is 0.500 bits per heavy atom. The van der Waals surface area contributed by atoms with Gasteiger partial charge in [-0.05, 0) is 0 Å². The van der Waals surface area contributed by atoms with E-state index in [4.69, 9.17) is 0 Å². The first kappa shape index (κ1) is 31.6. The first-order valence-corrected chi connectivity index (χ1v) is 7.78. The fourth-order valence-corrected chi connectivity index (χ4v) is 1.55. The summed E-state index contributed by atoms with van der Waals surface area (Å²) < 4.78 is 209. The molecule has 0 saturated heterocycles. The summed E-state index contributed by atoms with van der Waals surface area (Å²) in [6.45, 7) is 0. The summed E-state index contributed by atoms with van der Waals surface area (Å²) in [5.41, 5.74) is 0. The Morgan fingerprint density at radius 2 is 0.735 bits per heavy atom. The fraction of sp³-hybridized carbons (Fsp3) is 0.714. The Bertz CT molecular complexity index is 679. The van der Waals surface area contributed by atoms with Crippen molar-refractivity contribution in [1.82, 2.24) is 0 Å². The van der Waals surface area contributed by atoms with E-state index in [2.05, 4.69) is 9.47 Å². The van der Waals surface area contributed by atoms with Crippen LogP contribution in [0.1, 0.15) is 0 Å². The lowest BCUT2D eigenvalue weighted by molar-refractivity contribution is -0.313. The van der Waals surface area contributed by atoms with Crippen molar-refractivity contribution in [1.29, 1.82) is 0 Å². The van der Waals surface area contributed by atoms with Crippen molar-refractivity contribution in [3.8, 4) is 0 Å². The van der Waals surface area contributed by atoms with Crippen LogP contribution in [-0.2, 0) is 19.1 Å². The second-order valence-electron chi connectivity index (χ2n) is 5.80. The molecule has 0 aromatic heterocycles. The molecular weight excluding hydrogens is 536 g/mol. The highest BCUT2D eigenvalue weighted by Crippen LogP contribution is 2.45. The number of halogens is 16. The summed E-state index contributed by atoms with van der Waals surface area (Å²) >= 11 is 0. The minimum atomic E-state index is -6.46. The van der Waals surface area contributed by atoms with E-state index in [1.54, 1.807) is 0 Å². The molecule has 4 atom stereocenters. The quantitative estimate of drug-likeness (QED) is 0.198. The average molecular weight is 544 g/mol. The van der Waals surface area contributed by atoms with Crippen LogP contribution < -0.4 is 0 Å². The van der Waals surface area contributed by atoms with E-state index in [0.29, 0.717) is 0 Å². The highest BCUT2D eigenvalue weighted by Gasteiger charge is 2.71. The van der Waals surface area contributed by atoms with Gasteiger partial charge >= 0.3 is 48.3 Å². The molecule has 0 spiro atoms. The molecule has 0 aliphatic carbocycles. The van der Waals surface area contributed by atoms with Crippen molar-refractivity contribution >= 4 is 11.9 Å². The van der Waals surface area contributed by atoms with Crippen LogP contribution in [0.25, 0.3) is 0 Å². The van der Waals surface area contributed by atoms with Gasteiger partial charge in [0, 0.05) is 12.2 Å². The number of carbonyl (C=O) groups is 2. The summed E-state index contributed by atoms with van der Waals surface area (Å²) in [5, 5.41) is 0. The van der Waals surface area contributed by atoms with E-state index < -0.39 is 85.7 Å². The van der Waals surface area contributed by atoms with E-state index in [0.717, 1.165) is 0 Å². The van der Waals surface area contributed by atoms with Crippen molar-refractivity contribution in [2.75, 3.05) is 0 Å². The standard InChI is InChI=1S/C14H8F16O4/c15-5(7(17)18)11(23,24)13(27,28)9(21)33-3(31)1-2-4(32)34-10(22)14(29,30)12(25,26)6(16)8(19)20/h1-2,5-10H. The van der Waals surface area contributed by atoms with E-state index in [1.807, 2.05) is 0 Å². The third-order valence-corrected chi connectivity index (χ3v) is 3.39. The summed E-state index contributed by atoms with van der Waals surface area (Å²) in [5.74, 6) is -31.1. The molecular formula is C14H8F16O4.